The van der Waals surface area contributed by atoms with Crippen LogP contribution in [0.15, 0.2) is 42.6 Å². The molecule has 2 heterocycles. The summed E-state index contributed by atoms with van der Waals surface area (Å²) in [5.41, 5.74) is 1.71. The van der Waals surface area contributed by atoms with E-state index in [1.807, 2.05) is 0 Å². The molecule has 0 spiro atoms. The molecule has 0 atom stereocenters. The summed E-state index contributed by atoms with van der Waals surface area (Å²) in [5, 5.41) is 13.3. The van der Waals surface area contributed by atoms with Gasteiger partial charge in [0, 0.05) is 36.5 Å². The number of nitrogens with one attached hydrogen (secondary N) is 1. The van der Waals surface area contributed by atoms with E-state index in [4.69, 9.17) is 0 Å². The van der Waals surface area contributed by atoms with Crippen molar-refractivity contribution in [2.45, 2.75) is 0 Å². The van der Waals surface area contributed by atoms with Crippen LogP contribution in [0.4, 0.5) is 10.1 Å². The van der Waals surface area contributed by atoms with Crippen molar-refractivity contribution >= 4 is 38.1 Å². The van der Waals surface area contributed by atoms with Crippen molar-refractivity contribution < 1.29 is 14.1 Å². The Bertz CT molecular complexity index is 1200. The molecule has 4 aromatic rings. The fourth-order valence-corrected chi connectivity index (χ4v) is 3.78. The lowest BCUT2D eigenvalue weighted by Gasteiger charge is -2.03. The largest absolute Gasteiger partial charge is 0.355 e. The van der Waals surface area contributed by atoms with E-state index in [0.717, 1.165) is 10.2 Å². The van der Waals surface area contributed by atoms with E-state index in [1.54, 1.807) is 16.7 Å². The number of fused-ring (bicyclic) bond motifs is 3. The zero-order chi connectivity index (χ0) is 18.4. The summed E-state index contributed by atoms with van der Waals surface area (Å²) in [6, 6.07) is 8.78. The number of hydrogen-bond acceptors (Lipinski definition) is 5. The van der Waals surface area contributed by atoms with E-state index in [9.17, 15) is 19.3 Å². The Morgan fingerprint density at radius 3 is 2.81 bits per heavy atom. The summed E-state index contributed by atoms with van der Waals surface area (Å²) >= 11 is 1.29. The van der Waals surface area contributed by atoms with E-state index in [2.05, 4.69) is 10.3 Å². The van der Waals surface area contributed by atoms with Crippen LogP contribution in [0, 0.1) is 15.9 Å². The van der Waals surface area contributed by atoms with Crippen LogP contribution in [0.2, 0.25) is 0 Å². The fourth-order valence-electron chi connectivity index (χ4n) is 2.74. The van der Waals surface area contributed by atoms with Crippen molar-refractivity contribution in [3.05, 3.63) is 64.1 Å². The molecule has 130 valence electrons. The Labute approximate surface area is 149 Å². The van der Waals surface area contributed by atoms with Crippen molar-refractivity contribution in [1.29, 1.82) is 0 Å². The second-order valence-corrected chi connectivity index (χ2v) is 6.57. The van der Waals surface area contributed by atoms with E-state index >= 15 is 0 Å². The Hall–Kier alpha value is -3.33. The number of non-ortho nitro benzene ring substituents is 1. The van der Waals surface area contributed by atoms with Crippen LogP contribution in [0.5, 0.6) is 0 Å². The molecule has 4 rings (SSSR count). The predicted octanol–water partition coefficient (Wildman–Crippen LogP) is 3.62. The van der Waals surface area contributed by atoms with E-state index < -0.39 is 10.7 Å². The highest BCUT2D eigenvalue weighted by Crippen LogP contribution is 2.32. The number of benzene rings is 2. The molecule has 0 aliphatic heterocycles. The standard InChI is InChI=1S/C17H11FN4O3S/c1-19-16(23)9-2-4-11(12(18)6-9)13-8-21-14-5-3-10(22(24)25)7-15(14)26-17(21)20-13/h2-8H,1H3,(H,19,23). The zero-order valence-corrected chi connectivity index (χ0v) is 14.2. The molecule has 1 N–H and O–H groups in total. The summed E-state index contributed by atoms with van der Waals surface area (Å²) in [7, 11) is 1.48. The van der Waals surface area contributed by atoms with Gasteiger partial charge in [-0.05, 0) is 24.3 Å². The van der Waals surface area contributed by atoms with Gasteiger partial charge in [0.05, 0.1) is 20.8 Å². The second-order valence-electron chi connectivity index (χ2n) is 5.56. The number of halogens is 1. The van der Waals surface area contributed by atoms with Crippen LogP contribution >= 0.6 is 11.3 Å². The first-order chi connectivity index (χ1) is 12.5. The second kappa shape index (κ2) is 5.88. The molecular formula is C17H11FN4O3S. The maximum absolute atomic E-state index is 14.4. The number of nitrogens with zero attached hydrogens (tertiary/aromatic N) is 3. The SMILES string of the molecule is CNC(=O)c1ccc(-c2cn3c(n2)sc2cc([N+](=O)[O-])ccc23)c(F)c1. The number of hydrogen-bond donors (Lipinski definition) is 1. The van der Waals surface area contributed by atoms with Gasteiger partial charge in [0.15, 0.2) is 4.96 Å². The van der Waals surface area contributed by atoms with Crippen molar-refractivity contribution in [3.8, 4) is 11.3 Å². The minimum atomic E-state index is -0.545. The average Bonchev–Trinajstić information content (AvgIpc) is 3.17. The molecule has 1 amide bonds. The molecule has 2 aromatic heterocycles. The maximum Gasteiger partial charge on any atom is 0.270 e. The highest BCUT2D eigenvalue weighted by Gasteiger charge is 2.16. The van der Waals surface area contributed by atoms with Gasteiger partial charge in [0.1, 0.15) is 5.82 Å². The van der Waals surface area contributed by atoms with Crippen molar-refractivity contribution in [2.24, 2.45) is 0 Å². The summed E-state index contributed by atoms with van der Waals surface area (Å²) < 4.78 is 16.9. The third-order valence-electron chi connectivity index (χ3n) is 4.02. The lowest BCUT2D eigenvalue weighted by atomic mass is 10.1. The highest BCUT2D eigenvalue weighted by atomic mass is 32.1. The quantitative estimate of drug-likeness (QED) is 0.440. The Balaban J connectivity index is 1.81. The van der Waals surface area contributed by atoms with Crippen LogP contribution in [0.3, 0.4) is 0 Å². The lowest BCUT2D eigenvalue weighted by Crippen LogP contribution is -2.17. The van der Waals surface area contributed by atoms with Gasteiger partial charge in [-0.2, -0.15) is 0 Å². The normalized spacial score (nSPS) is 11.2. The van der Waals surface area contributed by atoms with Gasteiger partial charge in [-0.25, -0.2) is 9.37 Å². The van der Waals surface area contributed by atoms with Crippen LogP contribution < -0.4 is 5.32 Å². The Kier molecular flexibility index (Phi) is 3.66. The average molecular weight is 370 g/mol. The number of amides is 1. The van der Waals surface area contributed by atoms with Crippen LogP contribution in [-0.2, 0) is 0 Å². The molecule has 0 unspecified atom stereocenters. The third-order valence-corrected chi connectivity index (χ3v) is 5.04. The van der Waals surface area contributed by atoms with Gasteiger partial charge in [0.2, 0.25) is 0 Å². The molecule has 0 bridgehead atoms. The minimum Gasteiger partial charge on any atom is -0.355 e. The highest BCUT2D eigenvalue weighted by molar-refractivity contribution is 7.23. The smallest absolute Gasteiger partial charge is 0.270 e. The molecule has 7 nitrogen and oxygen atoms in total. The minimum absolute atomic E-state index is 0.0121. The molecule has 0 fully saturated rings. The van der Waals surface area contributed by atoms with Crippen molar-refractivity contribution in [1.82, 2.24) is 14.7 Å². The summed E-state index contributed by atoms with van der Waals surface area (Å²) in [4.78, 5) is 27.1. The molecule has 0 aliphatic rings. The number of imidazole rings is 1. The van der Waals surface area contributed by atoms with Crippen LogP contribution in [-0.4, -0.2) is 27.3 Å². The molecule has 26 heavy (non-hydrogen) atoms. The molecule has 0 radical (unpaired) electrons. The number of carbonyl (C=O) groups is 1. The van der Waals surface area contributed by atoms with Crippen LogP contribution in [0.25, 0.3) is 26.4 Å². The summed E-state index contributed by atoms with van der Waals surface area (Å²) in [6.07, 6.45) is 1.68. The molecule has 0 saturated heterocycles. The summed E-state index contributed by atoms with van der Waals surface area (Å²) in [6.45, 7) is 0. The Morgan fingerprint density at radius 1 is 1.31 bits per heavy atom. The maximum atomic E-state index is 14.4. The lowest BCUT2D eigenvalue weighted by molar-refractivity contribution is -0.384. The number of carbonyl (C=O) groups excluding carboxylic acids is 1. The molecule has 9 heteroatoms. The first-order valence-corrected chi connectivity index (χ1v) is 8.37. The van der Waals surface area contributed by atoms with Gasteiger partial charge in [-0.15, -0.1) is 0 Å². The molecule has 0 saturated carbocycles. The van der Waals surface area contributed by atoms with Gasteiger partial charge >= 0.3 is 0 Å². The van der Waals surface area contributed by atoms with Gasteiger partial charge in [-0.3, -0.25) is 19.3 Å². The molecule has 2 aromatic carbocycles. The van der Waals surface area contributed by atoms with E-state index in [0.29, 0.717) is 10.7 Å². The number of aromatic nitrogens is 2. The molecule has 0 aliphatic carbocycles. The van der Waals surface area contributed by atoms with Gasteiger partial charge in [-0.1, -0.05) is 11.3 Å². The van der Waals surface area contributed by atoms with Gasteiger partial charge < -0.3 is 5.32 Å². The molecular weight excluding hydrogens is 359 g/mol. The topological polar surface area (TPSA) is 89.5 Å². The van der Waals surface area contributed by atoms with E-state index in [-0.39, 0.29) is 22.7 Å². The predicted molar refractivity (Wildman–Crippen MR) is 96.0 cm³/mol. The first kappa shape index (κ1) is 16.2. The fraction of sp³-hybridized carbons (Fsp3) is 0.0588. The Morgan fingerprint density at radius 2 is 2.12 bits per heavy atom. The third kappa shape index (κ3) is 2.49. The van der Waals surface area contributed by atoms with Crippen molar-refractivity contribution in [3.63, 3.8) is 0 Å². The first-order valence-electron chi connectivity index (χ1n) is 7.56. The van der Waals surface area contributed by atoms with Crippen LogP contribution in [0.1, 0.15) is 10.4 Å². The van der Waals surface area contributed by atoms with Crippen molar-refractivity contribution in [2.75, 3.05) is 7.05 Å². The van der Waals surface area contributed by atoms with Gasteiger partial charge in [0.25, 0.3) is 11.6 Å². The zero-order valence-electron chi connectivity index (χ0n) is 13.4. The monoisotopic (exact) mass is 370 g/mol. The number of nitro benzene ring substituents is 1. The number of thiazole rings is 1. The van der Waals surface area contributed by atoms with E-state index in [1.165, 1.54) is 48.7 Å². The number of nitro groups is 1. The number of rotatable bonds is 3. The summed E-state index contributed by atoms with van der Waals surface area (Å²) in [5.74, 6) is -0.911.